The van der Waals surface area contributed by atoms with Crippen LogP contribution in [0, 0.1) is 19.8 Å². The number of aryl methyl sites for hydroxylation is 1. The van der Waals surface area contributed by atoms with Crippen LogP contribution in [0.15, 0.2) is 18.2 Å². The molecule has 0 saturated heterocycles. The summed E-state index contributed by atoms with van der Waals surface area (Å²) in [7, 11) is 0. The zero-order chi connectivity index (χ0) is 11.0. The zero-order valence-corrected chi connectivity index (χ0v) is 9.96. The molecule has 0 aliphatic heterocycles. The highest BCUT2D eigenvalue weighted by molar-refractivity contribution is 5.37. The lowest BCUT2D eigenvalue weighted by Crippen LogP contribution is -2.45. The van der Waals surface area contributed by atoms with Crippen molar-refractivity contribution in [3.63, 3.8) is 0 Å². The van der Waals surface area contributed by atoms with E-state index in [-0.39, 0.29) is 0 Å². The van der Waals surface area contributed by atoms with Crippen LogP contribution in [0.2, 0.25) is 0 Å². The Labute approximate surface area is 92.7 Å². The van der Waals surface area contributed by atoms with Gasteiger partial charge in [-0.15, -0.1) is 0 Å². The van der Waals surface area contributed by atoms with Crippen molar-refractivity contribution >= 4 is 0 Å². The van der Waals surface area contributed by atoms with Gasteiger partial charge in [0.2, 0.25) is 0 Å². The molecule has 1 aliphatic carbocycles. The fourth-order valence-corrected chi connectivity index (χ4v) is 2.87. The zero-order valence-electron chi connectivity index (χ0n) is 9.96. The van der Waals surface area contributed by atoms with E-state index in [9.17, 15) is 0 Å². The van der Waals surface area contributed by atoms with Gasteiger partial charge in [-0.2, -0.15) is 0 Å². The lowest BCUT2D eigenvalue weighted by Gasteiger charge is -2.43. The monoisotopic (exact) mass is 203 g/mol. The maximum atomic E-state index is 6.05. The maximum absolute atomic E-state index is 6.05. The van der Waals surface area contributed by atoms with E-state index in [4.69, 9.17) is 5.73 Å². The summed E-state index contributed by atoms with van der Waals surface area (Å²) in [6.45, 7) is 6.68. The molecule has 1 aromatic carbocycles. The van der Waals surface area contributed by atoms with Crippen LogP contribution in [0.5, 0.6) is 0 Å². The Morgan fingerprint density at radius 2 is 2.07 bits per heavy atom. The van der Waals surface area contributed by atoms with Gasteiger partial charge in [0.05, 0.1) is 0 Å². The van der Waals surface area contributed by atoms with E-state index in [0.717, 1.165) is 0 Å². The Hall–Kier alpha value is -0.820. The van der Waals surface area contributed by atoms with Gasteiger partial charge >= 0.3 is 0 Å². The van der Waals surface area contributed by atoms with Crippen molar-refractivity contribution < 1.29 is 0 Å². The van der Waals surface area contributed by atoms with Gasteiger partial charge < -0.3 is 5.73 Å². The summed E-state index contributed by atoms with van der Waals surface area (Å²) in [5.74, 6) is 1.41. The van der Waals surface area contributed by atoms with Crippen molar-refractivity contribution in [3.8, 4) is 0 Å². The van der Waals surface area contributed by atoms with Crippen LogP contribution in [0.4, 0.5) is 0 Å². The predicted octanol–water partition coefficient (Wildman–Crippen LogP) is 3.14. The third-order valence-electron chi connectivity index (χ3n) is 4.11. The van der Waals surface area contributed by atoms with Gasteiger partial charge in [0.1, 0.15) is 0 Å². The molecular weight excluding hydrogens is 182 g/mol. The van der Waals surface area contributed by atoms with Crippen LogP contribution in [0.1, 0.15) is 42.4 Å². The average Bonchev–Trinajstić information content (AvgIpc) is 2.20. The molecule has 1 aromatic rings. The maximum Gasteiger partial charge on any atom is 0.00788 e. The van der Waals surface area contributed by atoms with E-state index in [1.807, 2.05) is 0 Å². The number of hydrogen-bond acceptors (Lipinski definition) is 1. The fourth-order valence-electron chi connectivity index (χ4n) is 2.87. The van der Waals surface area contributed by atoms with Crippen LogP contribution in [0.25, 0.3) is 0 Å². The van der Waals surface area contributed by atoms with Gasteiger partial charge in [0.25, 0.3) is 0 Å². The Morgan fingerprint density at radius 3 is 2.67 bits per heavy atom. The standard InChI is InChI=1S/C14H21N/c1-4-11-13(8-14(11)15)12-7-5-6-9(2)10(12)3/h5-7,11,13-14H,4,8,15H2,1-3H3. The first-order chi connectivity index (χ1) is 7.15. The summed E-state index contributed by atoms with van der Waals surface area (Å²) in [5, 5.41) is 0. The summed E-state index contributed by atoms with van der Waals surface area (Å²) < 4.78 is 0. The normalized spacial score (nSPS) is 30.0. The molecule has 1 saturated carbocycles. The van der Waals surface area contributed by atoms with E-state index >= 15 is 0 Å². The first-order valence-corrected chi connectivity index (χ1v) is 5.96. The second-order valence-electron chi connectivity index (χ2n) is 4.87. The molecule has 0 aromatic heterocycles. The number of nitrogens with two attached hydrogens (primary N) is 1. The van der Waals surface area contributed by atoms with Crippen molar-refractivity contribution in [1.82, 2.24) is 0 Å². The van der Waals surface area contributed by atoms with E-state index in [1.165, 1.54) is 29.5 Å². The summed E-state index contributed by atoms with van der Waals surface area (Å²) in [6.07, 6.45) is 2.38. The second kappa shape index (κ2) is 3.97. The smallest absolute Gasteiger partial charge is 0.00788 e. The molecule has 0 radical (unpaired) electrons. The van der Waals surface area contributed by atoms with E-state index in [1.54, 1.807) is 0 Å². The summed E-state index contributed by atoms with van der Waals surface area (Å²) in [4.78, 5) is 0. The first kappa shape index (κ1) is 10.7. The first-order valence-electron chi connectivity index (χ1n) is 5.96. The largest absolute Gasteiger partial charge is 0.327 e. The molecule has 15 heavy (non-hydrogen) atoms. The third kappa shape index (κ3) is 1.69. The van der Waals surface area contributed by atoms with Gasteiger partial charge in [-0.3, -0.25) is 0 Å². The fraction of sp³-hybridized carbons (Fsp3) is 0.571. The molecule has 3 unspecified atom stereocenters. The van der Waals surface area contributed by atoms with Gasteiger partial charge in [-0.05, 0) is 48.8 Å². The van der Waals surface area contributed by atoms with Crippen molar-refractivity contribution in [2.45, 2.75) is 45.6 Å². The minimum Gasteiger partial charge on any atom is -0.327 e. The Balaban J connectivity index is 2.27. The highest BCUT2D eigenvalue weighted by atomic mass is 14.7. The van der Waals surface area contributed by atoms with E-state index < -0.39 is 0 Å². The molecule has 1 fully saturated rings. The van der Waals surface area contributed by atoms with Crippen LogP contribution >= 0.6 is 0 Å². The second-order valence-corrected chi connectivity index (χ2v) is 4.87. The molecule has 2 N–H and O–H groups in total. The molecule has 1 heteroatoms. The number of rotatable bonds is 2. The Kier molecular flexibility index (Phi) is 2.83. The predicted molar refractivity (Wildman–Crippen MR) is 65.0 cm³/mol. The number of hydrogen-bond donors (Lipinski definition) is 1. The van der Waals surface area contributed by atoms with Crippen LogP contribution in [0.3, 0.4) is 0 Å². The van der Waals surface area contributed by atoms with Crippen molar-refractivity contribution in [3.05, 3.63) is 34.9 Å². The summed E-state index contributed by atoms with van der Waals surface area (Å²) in [6, 6.07) is 7.08. The molecule has 2 rings (SSSR count). The highest BCUT2D eigenvalue weighted by Crippen LogP contribution is 2.44. The molecule has 3 atom stereocenters. The molecule has 0 heterocycles. The van der Waals surface area contributed by atoms with Gasteiger partial charge in [-0.25, -0.2) is 0 Å². The topological polar surface area (TPSA) is 26.0 Å². The molecule has 0 spiro atoms. The van der Waals surface area contributed by atoms with Crippen molar-refractivity contribution in [2.24, 2.45) is 11.7 Å². The van der Waals surface area contributed by atoms with E-state index in [2.05, 4.69) is 39.0 Å². The van der Waals surface area contributed by atoms with Gasteiger partial charge in [-0.1, -0.05) is 31.5 Å². The quantitative estimate of drug-likeness (QED) is 0.785. The molecule has 1 aliphatic rings. The molecular formula is C14H21N. The van der Waals surface area contributed by atoms with Crippen molar-refractivity contribution in [2.75, 3.05) is 0 Å². The summed E-state index contributed by atoms with van der Waals surface area (Å²) in [5.41, 5.74) is 10.5. The molecule has 1 nitrogen and oxygen atoms in total. The molecule has 0 amide bonds. The Bertz CT molecular complexity index is 356. The third-order valence-corrected chi connectivity index (χ3v) is 4.11. The van der Waals surface area contributed by atoms with Crippen molar-refractivity contribution in [1.29, 1.82) is 0 Å². The van der Waals surface area contributed by atoms with Crippen LogP contribution < -0.4 is 5.73 Å². The lowest BCUT2D eigenvalue weighted by atomic mass is 9.64. The number of benzene rings is 1. The lowest BCUT2D eigenvalue weighted by molar-refractivity contribution is 0.198. The highest BCUT2D eigenvalue weighted by Gasteiger charge is 2.38. The van der Waals surface area contributed by atoms with E-state index in [0.29, 0.717) is 17.9 Å². The minimum atomic E-state index is 0.430. The SMILES string of the molecule is CCC1C(N)CC1c1cccc(C)c1C. The average molecular weight is 203 g/mol. The van der Waals surface area contributed by atoms with Crippen LogP contribution in [-0.2, 0) is 0 Å². The van der Waals surface area contributed by atoms with Gasteiger partial charge in [0, 0.05) is 6.04 Å². The molecule has 0 bridgehead atoms. The Morgan fingerprint density at radius 1 is 1.33 bits per heavy atom. The summed E-state index contributed by atoms with van der Waals surface area (Å²) >= 11 is 0. The van der Waals surface area contributed by atoms with Gasteiger partial charge in [0.15, 0.2) is 0 Å². The minimum absolute atomic E-state index is 0.430. The van der Waals surface area contributed by atoms with Crippen LogP contribution in [-0.4, -0.2) is 6.04 Å². The molecule has 82 valence electrons.